The van der Waals surface area contributed by atoms with Crippen molar-refractivity contribution in [1.29, 1.82) is 0 Å². The van der Waals surface area contributed by atoms with Crippen LogP contribution in [0.3, 0.4) is 0 Å². The molecule has 0 spiro atoms. The number of rotatable bonds is 5. The molecular formula is C20H18F7N3O2. The van der Waals surface area contributed by atoms with Gasteiger partial charge >= 0.3 is 18.0 Å². The maximum atomic E-state index is 14.4. The van der Waals surface area contributed by atoms with Gasteiger partial charge in [0.15, 0.2) is 0 Å². The third-order valence-corrected chi connectivity index (χ3v) is 4.53. The Balaban J connectivity index is 2.76. The quantitative estimate of drug-likeness (QED) is 0.634. The third kappa shape index (κ3) is 4.39. The molecule has 174 valence electrons. The molecule has 0 saturated carbocycles. The van der Waals surface area contributed by atoms with Crippen molar-refractivity contribution in [2.45, 2.75) is 44.8 Å². The lowest BCUT2D eigenvalue weighted by molar-refractivity contribution is -0.348. The summed E-state index contributed by atoms with van der Waals surface area (Å²) in [6.07, 6.45) is -11.4. The van der Waals surface area contributed by atoms with Crippen LogP contribution in [0.2, 0.25) is 0 Å². The zero-order valence-corrected chi connectivity index (χ0v) is 17.0. The highest BCUT2D eigenvalue weighted by atomic mass is 19.4. The summed E-state index contributed by atoms with van der Waals surface area (Å²) in [4.78, 5) is 28.2. The van der Waals surface area contributed by atoms with E-state index in [1.54, 1.807) is 13.8 Å². The first-order valence-corrected chi connectivity index (χ1v) is 9.06. The number of alkyl halides is 7. The zero-order chi connectivity index (χ0) is 24.6. The number of nitrogens with zero attached hydrogens (tertiary/aromatic N) is 1. The summed E-state index contributed by atoms with van der Waals surface area (Å²) in [5, 5.41) is 2.52. The van der Waals surface area contributed by atoms with Crippen molar-refractivity contribution in [3.63, 3.8) is 0 Å². The first-order valence-electron chi connectivity index (χ1n) is 9.06. The van der Waals surface area contributed by atoms with Crippen LogP contribution >= 0.6 is 0 Å². The molecule has 0 fully saturated rings. The second-order valence-corrected chi connectivity index (χ2v) is 7.26. The van der Waals surface area contributed by atoms with Gasteiger partial charge < -0.3 is 11.1 Å². The van der Waals surface area contributed by atoms with Gasteiger partial charge in [-0.3, -0.25) is 14.6 Å². The van der Waals surface area contributed by atoms with Crippen molar-refractivity contribution in [2.75, 3.05) is 0 Å². The summed E-state index contributed by atoms with van der Waals surface area (Å²) in [7, 11) is 0. The second-order valence-electron chi connectivity index (χ2n) is 7.26. The van der Waals surface area contributed by atoms with Crippen LogP contribution in [0.4, 0.5) is 30.7 Å². The van der Waals surface area contributed by atoms with E-state index in [0.717, 1.165) is 19.2 Å². The van der Waals surface area contributed by atoms with E-state index in [2.05, 4.69) is 10.3 Å². The van der Waals surface area contributed by atoms with Crippen LogP contribution < -0.4 is 11.1 Å². The molecule has 0 atom stereocenters. The molecule has 0 radical (unpaired) electrons. The number of amides is 2. The highest BCUT2D eigenvalue weighted by molar-refractivity contribution is 6.10. The molecule has 3 N–H and O–H groups in total. The molecule has 12 heteroatoms. The topological polar surface area (TPSA) is 85.1 Å². The average Bonchev–Trinajstić information content (AvgIpc) is 2.64. The summed E-state index contributed by atoms with van der Waals surface area (Å²) in [5.74, 6) is -1.86. The number of pyridine rings is 1. The van der Waals surface area contributed by atoms with E-state index in [1.165, 1.54) is 6.07 Å². The van der Waals surface area contributed by atoms with Crippen LogP contribution in [0, 0.1) is 6.92 Å². The van der Waals surface area contributed by atoms with E-state index in [-0.39, 0.29) is 28.3 Å². The first kappa shape index (κ1) is 25.1. The normalized spacial score (nSPS) is 12.7. The van der Waals surface area contributed by atoms with E-state index < -0.39 is 41.1 Å². The number of hydrogen-bond donors (Lipinski definition) is 2. The lowest BCUT2D eigenvalue weighted by Crippen LogP contribution is -2.50. The van der Waals surface area contributed by atoms with E-state index in [9.17, 15) is 40.3 Å². The van der Waals surface area contributed by atoms with Gasteiger partial charge in [0.2, 0.25) is 0 Å². The van der Waals surface area contributed by atoms with E-state index >= 15 is 0 Å². The van der Waals surface area contributed by atoms with Crippen molar-refractivity contribution in [3.05, 3.63) is 52.8 Å². The van der Waals surface area contributed by atoms with Gasteiger partial charge in [0.05, 0.1) is 5.56 Å². The Morgan fingerprint density at radius 2 is 1.53 bits per heavy atom. The van der Waals surface area contributed by atoms with Crippen molar-refractivity contribution in [2.24, 2.45) is 5.73 Å². The van der Waals surface area contributed by atoms with Crippen LogP contribution in [0.1, 0.15) is 45.8 Å². The zero-order valence-electron chi connectivity index (χ0n) is 17.0. The third-order valence-electron chi connectivity index (χ3n) is 4.53. The van der Waals surface area contributed by atoms with Crippen molar-refractivity contribution in [1.82, 2.24) is 10.3 Å². The highest BCUT2D eigenvalue weighted by Gasteiger charge is 2.73. The summed E-state index contributed by atoms with van der Waals surface area (Å²) in [6.45, 7) is 4.38. The number of halogens is 7. The number of benzene rings is 1. The maximum absolute atomic E-state index is 14.4. The van der Waals surface area contributed by atoms with Crippen LogP contribution in [-0.4, -0.2) is 35.2 Å². The molecule has 1 heterocycles. The molecule has 2 amide bonds. The van der Waals surface area contributed by atoms with E-state index in [4.69, 9.17) is 5.73 Å². The fraction of sp³-hybridized carbons (Fsp3) is 0.350. The van der Waals surface area contributed by atoms with Gasteiger partial charge in [0.1, 0.15) is 5.69 Å². The fourth-order valence-electron chi connectivity index (χ4n) is 3.11. The second kappa shape index (κ2) is 8.40. The molecule has 1 aromatic heterocycles. The van der Waals surface area contributed by atoms with Crippen LogP contribution in [0.15, 0.2) is 30.5 Å². The molecule has 1 aromatic carbocycles. The monoisotopic (exact) mass is 465 g/mol. The lowest BCUT2D eigenvalue weighted by atomic mass is 9.88. The van der Waals surface area contributed by atoms with Crippen LogP contribution in [-0.2, 0) is 5.67 Å². The van der Waals surface area contributed by atoms with Gasteiger partial charge in [0.25, 0.3) is 11.8 Å². The average molecular weight is 465 g/mol. The predicted octanol–water partition coefficient (Wildman–Crippen LogP) is 4.58. The van der Waals surface area contributed by atoms with Gasteiger partial charge in [0, 0.05) is 17.8 Å². The number of nitrogens with two attached hydrogens (primary N) is 1. The highest BCUT2D eigenvalue weighted by Crippen LogP contribution is 2.53. The van der Waals surface area contributed by atoms with Crippen molar-refractivity contribution >= 4 is 11.8 Å². The number of hydrogen-bond acceptors (Lipinski definition) is 3. The van der Waals surface area contributed by atoms with Gasteiger partial charge in [-0.2, -0.15) is 26.3 Å². The van der Waals surface area contributed by atoms with Gasteiger partial charge in [-0.25, -0.2) is 4.39 Å². The van der Waals surface area contributed by atoms with E-state index in [0.29, 0.717) is 12.1 Å². The molecule has 0 saturated heterocycles. The Kier molecular flexibility index (Phi) is 6.58. The van der Waals surface area contributed by atoms with E-state index in [1.807, 2.05) is 0 Å². The molecule has 0 bridgehead atoms. The SMILES string of the molecule is Cc1cc(C(F)(C(F)(F)F)C(F)(F)F)ccc1-c1ccnc(C(N)=O)c1C(=O)NC(C)C. The largest absolute Gasteiger partial charge is 0.435 e. The summed E-state index contributed by atoms with van der Waals surface area (Å²) < 4.78 is 92.8. The van der Waals surface area contributed by atoms with Gasteiger partial charge in [-0.15, -0.1) is 0 Å². The number of aryl methyl sites for hydroxylation is 1. The number of nitrogens with one attached hydrogen (secondary N) is 1. The Labute approximate surface area is 177 Å². The van der Waals surface area contributed by atoms with Gasteiger partial charge in [-0.1, -0.05) is 18.2 Å². The summed E-state index contributed by atoms with van der Waals surface area (Å²) in [6, 6.07) is 2.39. The van der Waals surface area contributed by atoms with Crippen LogP contribution in [0.25, 0.3) is 11.1 Å². The summed E-state index contributed by atoms with van der Waals surface area (Å²) in [5.41, 5.74) is -3.02. The minimum atomic E-state index is -6.27. The molecule has 32 heavy (non-hydrogen) atoms. The molecule has 5 nitrogen and oxygen atoms in total. The minimum absolute atomic E-state index is 0.0146. The molecule has 2 rings (SSSR count). The number of carbonyl (C=O) groups is 2. The molecule has 0 aliphatic rings. The molecule has 0 aliphatic carbocycles. The fourth-order valence-corrected chi connectivity index (χ4v) is 3.11. The lowest BCUT2D eigenvalue weighted by Gasteiger charge is -2.30. The maximum Gasteiger partial charge on any atom is 0.435 e. The number of aromatic nitrogens is 1. The van der Waals surface area contributed by atoms with Gasteiger partial charge in [-0.05, 0) is 43.5 Å². The molecular weight excluding hydrogens is 447 g/mol. The smallest absolute Gasteiger partial charge is 0.364 e. The van der Waals surface area contributed by atoms with Crippen molar-refractivity contribution in [3.8, 4) is 11.1 Å². The van der Waals surface area contributed by atoms with Crippen LogP contribution in [0.5, 0.6) is 0 Å². The Hall–Kier alpha value is -3.18. The van der Waals surface area contributed by atoms with Crippen molar-refractivity contribution < 1.29 is 40.3 Å². The first-order chi connectivity index (χ1) is 14.5. The predicted molar refractivity (Wildman–Crippen MR) is 100 cm³/mol. The minimum Gasteiger partial charge on any atom is -0.364 e. The standard InChI is InChI=1S/C20H18F7N3O2/c1-9(2)30-17(32)14-13(6-7-29-15(14)16(28)31)12-5-4-11(8-10(12)3)18(21,19(22,23)24)20(25,26)27/h4-9H,1-3H3,(H2,28,31)(H,30,32). The summed E-state index contributed by atoms with van der Waals surface area (Å²) >= 11 is 0. The molecule has 0 aliphatic heterocycles. The number of primary amides is 1. The molecule has 2 aromatic rings. The Morgan fingerprint density at radius 3 is 1.97 bits per heavy atom. The Bertz CT molecular complexity index is 1030. The number of carbonyl (C=O) groups excluding carboxylic acids is 2. The molecule has 0 unspecified atom stereocenters. The Morgan fingerprint density at radius 1 is 0.969 bits per heavy atom.